The first-order valence-electron chi connectivity index (χ1n) is 17.2. The van der Waals surface area contributed by atoms with Gasteiger partial charge in [0, 0.05) is 68.3 Å². The van der Waals surface area contributed by atoms with Gasteiger partial charge in [-0.05, 0) is 85.9 Å². The Hall–Kier alpha value is -3.87. The average Bonchev–Trinajstić information content (AvgIpc) is 3.82. The molecule has 1 saturated heterocycles. The van der Waals surface area contributed by atoms with E-state index in [2.05, 4.69) is 90.6 Å². The first-order valence-corrected chi connectivity index (χ1v) is 17.2. The number of benzene rings is 3. The Morgan fingerprint density at radius 2 is 1.85 bits per heavy atom. The maximum Gasteiger partial charge on any atom is 0.166 e. The second-order valence-corrected chi connectivity index (χ2v) is 14.5. The Bertz CT molecular complexity index is 1800. The monoisotopic (exact) mass is 613 g/mol. The van der Waals surface area contributed by atoms with Crippen LogP contribution < -0.4 is 9.64 Å². The molecule has 6 heteroatoms. The summed E-state index contributed by atoms with van der Waals surface area (Å²) in [5, 5.41) is 11.2. The molecule has 3 aromatic carbocycles. The third-order valence-electron chi connectivity index (χ3n) is 11.7. The highest BCUT2D eigenvalue weighted by Gasteiger charge is 2.73. The van der Waals surface area contributed by atoms with Gasteiger partial charge < -0.3 is 19.5 Å². The van der Waals surface area contributed by atoms with E-state index < -0.39 is 11.0 Å². The Morgan fingerprint density at radius 1 is 1.02 bits per heavy atom. The molecule has 2 fully saturated rings. The lowest BCUT2D eigenvalue weighted by Gasteiger charge is -2.64. The van der Waals surface area contributed by atoms with E-state index >= 15 is 0 Å². The number of ether oxygens (including phenoxy) is 2. The van der Waals surface area contributed by atoms with Crippen LogP contribution in [0.2, 0.25) is 0 Å². The van der Waals surface area contributed by atoms with Gasteiger partial charge >= 0.3 is 0 Å². The molecule has 236 valence electrons. The number of phenols is 1. The summed E-state index contributed by atoms with van der Waals surface area (Å²) in [6.07, 6.45) is 9.00. The van der Waals surface area contributed by atoms with E-state index in [1.807, 2.05) is 12.3 Å². The lowest BCUT2D eigenvalue weighted by molar-refractivity contribution is -0.205. The molecule has 5 aliphatic rings. The number of rotatable bonds is 9. The molecule has 4 aromatic rings. The second-order valence-electron chi connectivity index (χ2n) is 14.5. The number of aromatic nitrogens is 1. The number of likely N-dealkylation sites (tertiary alicyclic amines) is 1. The Morgan fingerprint density at radius 3 is 2.67 bits per heavy atom. The van der Waals surface area contributed by atoms with Crippen molar-refractivity contribution in [1.29, 1.82) is 0 Å². The smallest absolute Gasteiger partial charge is 0.166 e. The molecule has 2 aliphatic heterocycles. The van der Waals surface area contributed by atoms with Crippen LogP contribution >= 0.6 is 0 Å². The van der Waals surface area contributed by atoms with Gasteiger partial charge in [0.2, 0.25) is 0 Å². The van der Waals surface area contributed by atoms with Crippen LogP contribution in [-0.4, -0.2) is 60.4 Å². The minimum absolute atomic E-state index is 0.234. The van der Waals surface area contributed by atoms with E-state index in [4.69, 9.17) is 14.5 Å². The van der Waals surface area contributed by atoms with Crippen LogP contribution in [0.4, 0.5) is 5.69 Å². The van der Waals surface area contributed by atoms with Crippen molar-refractivity contribution in [2.45, 2.75) is 68.1 Å². The lowest BCUT2D eigenvalue weighted by atomic mass is 9.48. The number of pyridine rings is 1. The molecule has 6 nitrogen and oxygen atoms in total. The van der Waals surface area contributed by atoms with E-state index in [1.165, 1.54) is 46.3 Å². The molecule has 2 bridgehead atoms. The number of nitrogens with zero attached hydrogens (tertiary/aromatic N) is 3. The van der Waals surface area contributed by atoms with E-state index in [-0.39, 0.29) is 17.9 Å². The SMILES string of the molecule is CN(C)c1ccccc1-c1cnc2c(c1)C[C@@]1(OCCCc3ccccc3)[C@H]3Cc4ccc(O)c5c4[C@@]1(CCN3CC1CC1)[C@H]2O5. The fourth-order valence-electron chi connectivity index (χ4n) is 9.52. The maximum atomic E-state index is 11.2. The van der Waals surface area contributed by atoms with Gasteiger partial charge in [0.1, 0.15) is 5.60 Å². The van der Waals surface area contributed by atoms with Gasteiger partial charge in [0.15, 0.2) is 17.6 Å². The van der Waals surface area contributed by atoms with Crippen LogP contribution in [0, 0.1) is 5.92 Å². The summed E-state index contributed by atoms with van der Waals surface area (Å²) in [6.45, 7) is 2.85. The van der Waals surface area contributed by atoms with E-state index in [0.29, 0.717) is 12.4 Å². The first kappa shape index (κ1) is 28.4. The molecule has 1 aromatic heterocycles. The molecule has 1 saturated carbocycles. The predicted octanol–water partition coefficient (Wildman–Crippen LogP) is 6.88. The third-order valence-corrected chi connectivity index (χ3v) is 11.7. The standard InChI is InChI=1S/C40H43N3O3/c1-42(2)32-13-7-6-12-31(32)30-21-29-23-40(45-20-8-11-26-9-4-3-5-10-26)34-22-28-16-17-33(44)37-35(28)39(40,38(46-37)36(29)41-24-30)18-19-43(34)25-27-14-15-27/h3-7,9-10,12-13,16-17,21,24,27,34,38,44H,8,11,14-15,18-20,22-23,25H2,1-2H3/t34-,38+,39+,40-/m1/s1. The molecular weight excluding hydrogens is 570 g/mol. The van der Waals surface area contributed by atoms with Gasteiger partial charge in [-0.1, -0.05) is 54.6 Å². The van der Waals surface area contributed by atoms with Crippen molar-refractivity contribution in [3.05, 3.63) is 107 Å². The molecule has 3 heterocycles. The van der Waals surface area contributed by atoms with Crippen molar-refractivity contribution >= 4 is 5.69 Å². The predicted molar refractivity (Wildman–Crippen MR) is 181 cm³/mol. The fourth-order valence-corrected chi connectivity index (χ4v) is 9.52. The van der Waals surface area contributed by atoms with E-state index in [1.54, 1.807) is 0 Å². The number of para-hydroxylation sites is 1. The minimum Gasteiger partial charge on any atom is -0.504 e. The van der Waals surface area contributed by atoms with Gasteiger partial charge in [0.05, 0.1) is 11.1 Å². The number of fused-ring (bicyclic) bond motifs is 2. The summed E-state index contributed by atoms with van der Waals surface area (Å²) in [5.41, 5.74) is 8.66. The zero-order valence-electron chi connectivity index (χ0n) is 26.9. The van der Waals surface area contributed by atoms with Crippen molar-refractivity contribution in [2.75, 3.05) is 38.7 Å². The van der Waals surface area contributed by atoms with E-state index in [9.17, 15) is 5.11 Å². The largest absolute Gasteiger partial charge is 0.504 e. The zero-order valence-corrected chi connectivity index (χ0v) is 26.9. The van der Waals surface area contributed by atoms with Crippen LogP contribution in [-0.2, 0) is 29.4 Å². The molecular formula is C40H43N3O3. The van der Waals surface area contributed by atoms with Crippen molar-refractivity contribution in [1.82, 2.24) is 9.88 Å². The first-order chi connectivity index (χ1) is 22.5. The number of hydrogen-bond donors (Lipinski definition) is 1. The number of phenolic OH excluding ortho intramolecular Hbond substituents is 1. The average molecular weight is 614 g/mol. The topological polar surface area (TPSA) is 58.1 Å². The molecule has 46 heavy (non-hydrogen) atoms. The maximum absolute atomic E-state index is 11.2. The summed E-state index contributed by atoms with van der Waals surface area (Å²) in [4.78, 5) is 10.2. The summed E-state index contributed by atoms with van der Waals surface area (Å²) in [6, 6.07) is 25.9. The Labute approximate surface area is 272 Å². The van der Waals surface area contributed by atoms with Crippen molar-refractivity contribution in [3.63, 3.8) is 0 Å². The molecule has 4 atom stereocenters. The molecule has 9 rings (SSSR count). The van der Waals surface area contributed by atoms with Crippen molar-refractivity contribution < 1.29 is 14.6 Å². The van der Waals surface area contributed by atoms with Crippen LogP contribution in [0.3, 0.4) is 0 Å². The fraction of sp³-hybridized carbons (Fsp3) is 0.425. The van der Waals surface area contributed by atoms with Crippen LogP contribution in [0.1, 0.15) is 59.7 Å². The van der Waals surface area contributed by atoms with Gasteiger partial charge in [0.25, 0.3) is 0 Å². The lowest BCUT2D eigenvalue weighted by Crippen LogP contribution is -2.75. The summed E-state index contributed by atoms with van der Waals surface area (Å²) < 4.78 is 14.5. The molecule has 0 unspecified atom stereocenters. The highest BCUT2D eigenvalue weighted by atomic mass is 16.5. The van der Waals surface area contributed by atoms with Gasteiger partial charge in [-0.3, -0.25) is 9.88 Å². The van der Waals surface area contributed by atoms with Crippen molar-refractivity contribution in [2.24, 2.45) is 5.92 Å². The quantitative estimate of drug-likeness (QED) is 0.208. The van der Waals surface area contributed by atoms with Gasteiger partial charge in [-0.25, -0.2) is 0 Å². The summed E-state index contributed by atoms with van der Waals surface area (Å²) in [5.74, 6) is 1.69. The van der Waals surface area contributed by atoms with Crippen LogP contribution in [0.15, 0.2) is 79.0 Å². The third kappa shape index (κ3) is 4.12. The molecule has 3 aliphatic carbocycles. The van der Waals surface area contributed by atoms with E-state index in [0.717, 1.165) is 62.4 Å². The number of anilines is 1. The number of piperidine rings is 1. The molecule has 1 N–H and O–H groups in total. The van der Waals surface area contributed by atoms with Crippen LogP contribution in [0.25, 0.3) is 11.1 Å². The van der Waals surface area contributed by atoms with Gasteiger partial charge in [-0.2, -0.15) is 0 Å². The molecule has 0 radical (unpaired) electrons. The van der Waals surface area contributed by atoms with Crippen molar-refractivity contribution in [3.8, 4) is 22.6 Å². The zero-order chi connectivity index (χ0) is 31.0. The molecule has 1 spiro atoms. The number of aryl methyl sites for hydroxylation is 1. The number of hydrogen-bond acceptors (Lipinski definition) is 6. The molecule has 0 amide bonds. The Balaban J connectivity index is 1.19. The summed E-state index contributed by atoms with van der Waals surface area (Å²) in [7, 11) is 4.19. The van der Waals surface area contributed by atoms with Crippen LogP contribution in [0.5, 0.6) is 11.5 Å². The Kier molecular flexibility index (Phi) is 6.52. The second kappa shape index (κ2) is 10.6. The van der Waals surface area contributed by atoms with Gasteiger partial charge in [-0.15, -0.1) is 0 Å². The normalized spacial score (nSPS) is 27.1. The summed E-state index contributed by atoms with van der Waals surface area (Å²) >= 11 is 0. The highest BCUT2D eigenvalue weighted by Crippen LogP contribution is 2.69. The number of aromatic hydroxyl groups is 1. The minimum atomic E-state index is -0.484. The highest BCUT2D eigenvalue weighted by molar-refractivity contribution is 5.78.